The van der Waals surface area contributed by atoms with Gasteiger partial charge in [-0.2, -0.15) is 0 Å². The molecule has 106 valence electrons. The zero-order valence-corrected chi connectivity index (χ0v) is 12.3. The molecule has 2 atom stereocenters. The van der Waals surface area contributed by atoms with E-state index in [9.17, 15) is 8.42 Å². The first-order valence-electron chi connectivity index (χ1n) is 6.63. The number of hydrogen-bond donors (Lipinski definition) is 2. The molecular weight excluding hydrogens is 260 g/mol. The fourth-order valence-electron chi connectivity index (χ4n) is 2.94. The first-order chi connectivity index (χ1) is 8.89. The summed E-state index contributed by atoms with van der Waals surface area (Å²) in [6, 6.07) is 6.44. The van der Waals surface area contributed by atoms with Gasteiger partial charge in [-0.15, -0.1) is 0 Å². The largest absolute Gasteiger partial charge is 0.271 e. The van der Waals surface area contributed by atoms with E-state index in [2.05, 4.69) is 37.5 Å². The second-order valence-electron chi connectivity index (χ2n) is 5.64. The van der Waals surface area contributed by atoms with E-state index in [0.717, 1.165) is 6.42 Å². The Hall–Kier alpha value is -0.910. The Morgan fingerprint density at radius 3 is 2.42 bits per heavy atom. The summed E-state index contributed by atoms with van der Waals surface area (Å²) in [6.07, 6.45) is 1.49. The third kappa shape index (κ3) is 3.78. The van der Waals surface area contributed by atoms with Gasteiger partial charge in [0.1, 0.15) is 0 Å². The Labute approximate surface area is 115 Å². The molecule has 0 spiro atoms. The smallest absolute Gasteiger partial charge is 0.150 e. The van der Waals surface area contributed by atoms with E-state index in [4.69, 9.17) is 5.84 Å². The second-order valence-corrected chi connectivity index (χ2v) is 7.87. The number of aryl methyl sites for hydroxylation is 2. The highest BCUT2D eigenvalue weighted by atomic mass is 32.2. The van der Waals surface area contributed by atoms with Crippen LogP contribution in [0.3, 0.4) is 0 Å². The third-order valence-corrected chi connectivity index (χ3v) is 5.58. The maximum Gasteiger partial charge on any atom is 0.150 e. The average Bonchev–Trinajstić information content (AvgIpc) is 2.65. The maximum atomic E-state index is 11.6. The lowest BCUT2D eigenvalue weighted by Gasteiger charge is -2.22. The van der Waals surface area contributed by atoms with Crippen LogP contribution in [0.5, 0.6) is 0 Å². The van der Waals surface area contributed by atoms with Crippen LogP contribution in [0.2, 0.25) is 0 Å². The number of benzene rings is 1. The molecule has 4 nitrogen and oxygen atoms in total. The molecule has 5 heteroatoms. The van der Waals surface area contributed by atoms with E-state index < -0.39 is 9.84 Å². The predicted octanol–water partition coefficient (Wildman–Crippen LogP) is 1.11. The fraction of sp³-hybridized carbons (Fsp3) is 0.571. The molecule has 1 saturated heterocycles. The Balaban J connectivity index is 2.11. The summed E-state index contributed by atoms with van der Waals surface area (Å²) >= 11 is 0. The summed E-state index contributed by atoms with van der Waals surface area (Å²) < 4.78 is 23.1. The minimum atomic E-state index is -2.85. The van der Waals surface area contributed by atoms with Gasteiger partial charge in [0.25, 0.3) is 0 Å². The van der Waals surface area contributed by atoms with Gasteiger partial charge < -0.3 is 0 Å². The first kappa shape index (κ1) is 14.5. The van der Waals surface area contributed by atoms with E-state index in [-0.39, 0.29) is 17.7 Å². The van der Waals surface area contributed by atoms with Gasteiger partial charge in [-0.25, -0.2) is 8.42 Å². The van der Waals surface area contributed by atoms with Gasteiger partial charge in [-0.1, -0.05) is 29.3 Å². The zero-order valence-electron chi connectivity index (χ0n) is 11.5. The van der Waals surface area contributed by atoms with Crippen molar-refractivity contribution in [3.05, 3.63) is 34.9 Å². The summed E-state index contributed by atoms with van der Waals surface area (Å²) in [5.41, 5.74) is 6.47. The van der Waals surface area contributed by atoms with Gasteiger partial charge in [-0.3, -0.25) is 11.3 Å². The van der Waals surface area contributed by atoms with Crippen molar-refractivity contribution in [2.75, 3.05) is 11.5 Å². The topological polar surface area (TPSA) is 72.2 Å². The molecule has 1 aliphatic rings. The monoisotopic (exact) mass is 282 g/mol. The number of rotatable bonds is 4. The standard InChI is InChI=1S/C14H22N2O2S/c1-10-5-11(2)7-12(6-10)8-14(16-15)13-3-4-19(17,18)9-13/h5-7,13-14,16H,3-4,8-9,15H2,1-2H3. The van der Waals surface area contributed by atoms with Crippen LogP contribution in [0.15, 0.2) is 18.2 Å². The summed E-state index contributed by atoms with van der Waals surface area (Å²) in [6.45, 7) is 4.14. The summed E-state index contributed by atoms with van der Waals surface area (Å²) in [7, 11) is -2.85. The number of sulfone groups is 1. The molecule has 2 unspecified atom stereocenters. The van der Waals surface area contributed by atoms with Crippen LogP contribution in [0.1, 0.15) is 23.1 Å². The molecule has 0 saturated carbocycles. The normalized spacial score (nSPS) is 23.4. The highest BCUT2D eigenvalue weighted by molar-refractivity contribution is 7.91. The number of hydrogen-bond acceptors (Lipinski definition) is 4. The van der Waals surface area contributed by atoms with Crippen molar-refractivity contribution in [3.8, 4) is 0 Å². The van der Waals surface area contributed by atoms with Gasteiger partial charge in [0.05, 0.1) is 11.5 Å². The van der Waals surface area contributed by atoms with E-state index in [1.807, 2.05) is 0 Å². The van der Waals surface area contributed by atoms with Crippen LogP contribution in [0, 0.1) is 19.8 Å². The number of nitrogens with two attached hydrogens (primary N) is 1. The molecule has 0 bridgehead atoms. The molecule has 0 amide bonds. The summed E-state index contributed by atoms with van der Waals surface area (Å²) in [5.74, 6) is 6.29. The molecule has 1 aliphatic heterocycles. The van der Waals surface area contributed by atoms with Gasteiger partial charge in [0.2, 0.25) is 0 Å². The minimum absolute atomic E-state index is 0.0264. The van der Waals surface area contributed by atoms with Gasteiger partial charge in [0, 0.05) is 6.04 Å². The van der Waals surface area contributed by atoms with Crippen molar-refractivity contribution in [1.29, 1.82) is 0 Å². The van der Waals surface area contributed by atoms with Crippen LogP contribution in [-0.2, 0) is 16.3 Å². The molecule has 1 fully saturated rings. The van der Waals surface area contributed by atoms with E-state index in [0.29, 0.717) is 12.2 Å². The first-order valence-corrected chi connectivity index (χ1v) is 8.45. The zero-order chi connectivity index (χ0) is 14.0. The van der Waals surface area contributed by atoms with Crippen LogP contribution in [0.25, 0.3) is 0 Å². The third-order valence-electron chi connectivity index (χ3n) is 3.79. The molecule has 3 N–H and O–H groups in total. The van der Waals surface area contributed by atoms with Crippen molar-refractivity contribution in [2.24, 2.45) is 11.8 Å². The Morgan fingerprint density at radius 1 is 1.32 bits per heavy atom. The molecule has 0 aliphatic carbocycles. The minimum Gasteiger partial charge on any atom is -0.271 e. The quantitative estimate of drug-likeness (QED) is 0.641. The molecule has 0 aromatic heterocycles. The summed E-state index contributed by atoms with van der Waals surface area (Å²) in [5, 5.41) is 0. The Kier molecular flexibility index (Phi) is 4.28. The van der Waals surface area contributed by atoms with Crippen LogP contribution < -0.4 is 11.3 Å². The van der Waals surface area contributed by atoms with Crippen molar-refractivity contribution in [1.82, 2.24) is 5.43 Å². The molecule has 19 heavy (non-hydrogen) atoms. The molecule has 1 aromatic rings. The van der Waals surface area contributed by atoms with E-state index in [1.54, 1.807) is 0 Å². The van der Waals surface area contributed by atoms with E-state index >= 15 is 0 Å². The number of hydrazine groups is 1. The van der Waals surface area contributed by atoms with Crippen molar-refractivity contribution in [3.63, 3.8) is 0 Å². The van der Waals surface area contributed by atoms with Gasteiger partial charge >= 0.3 is 0 Å². The molecule has 1 aromatic carbocycles. The fourth-order valence-corrected chi connectivity index (χ4v) is 4.82. The molecule has 2 rings (SSSR count). The van der Waals surface area contributed by atoms with Crippen molar-refractivity contribution >= 4 is 9.84 Å². The molecule has 1 heterocycles. The van der Waals surface area contributed by atoms with E-state index in [1.165, 1.54) is 16.7 Å². The average molecular weight is 282 g/mol. The van der Waals surface area contributed by atoms with Crippen LogP contribution in [0.4, 0.5) is 0 Å². The summed E-state index contributed by atoms with van der Waals surface area (Å²) in [4.78, 5) is 0. The van der Waals surface area contributed by atoms with Crippen LogP contribution >= 0.6 is 0 Å². The molecular formula is C14H22N2O2S. The Morgan fingerprint density at radius 2 is 1.95 bits per heavy atom. The lowest BCUT2D eigenvalue weighted by atomic mass is 9.92. The second kappa shape index (κ2) is 5.61. The van der Waals surface area contributed by atoms with Crippen LogP contribution in [-0.4, -0.2) is 26.0 Å². The Bertz CT molecular complexity index is 534. The lowest BCUT2D eigenvalue weighted by molar-refractivity contribution is 0.385. The predicted molar refractivity (Wildman–Crippen MR) is 77.5 cm³/mol. The SMILES string of the molecule is Cc1cc(C)cc(CC(NN)C2CCS(=O)(=O)C2)c1. The molecule has 0 radical (unpaired) electrons. The van der Waals surface area contributed by atoms with Crippen molar-refractivity contribution < 1.29 is 8.42 Å². The maximum absolute atomic E-state index is 11.6. The van der Waals surface area contributed by atoms with Crippen molar-refractivity contribution in [2.45, 2.75) is 32.7 Å². The lowest BCUT2D eigenvalue weighted by Crippen LogP contribution is -2.43. The van der Waals surface area contributed by atoms with Gasteiger partial charge in [-0.05, 0) is 38.2 Å². The number of nitrogens with one attached hydrogen (secondary N) is 1. The highest BCUT2D eigenvalue weighted by Gasteiger charge is 2.33. The van der Waals surface area contributed by atoms with Gasteiger partial charge in [0.15, 0.2) is 9.84 Å². The highest BCUT2D eigenvalue weighted by Crippen LogP contribution is 2.24.